The summed E-state index contributed by atoms with van der Waals surface area (Å²) < 4.78 is 0. The van der Waals surface area contributed by atoms with Gasteiger partial charge >= 0.3 is 0 Å². The van der Waals surface area contributed by atoms with Gasteiger partial charge in [0.15, 0.2) is 0 Å². The molecule has 1 saturated heterocycles. The molecule has 0 saturated carbocycles. The molecule has 3 nitrogen and oxygen atoms in total. The highest BCUT2D eigenvalue weighted by molar-refractivity contribution is 4.62. The second-order valence-electron chi connectivity index (χ2n) is 2.01. The second-order valence-corrected chi connectivity index (χ2v) is 2.01. The van der Waals surface area contributed by atoms with Crippen molar-refractivity contribution in [3.63, 3.8) is 0 Å². The van der Waals surface area contributed by atoms with Gasteiger partial charge in [0, 0.05) is 13.1 Å². The van der Waals surface area contributed by atoms with E-state index < -0.39 is 0 Å². The lowest BCUT2D eigenvalue weighted by atomic mass is 10.4. The van der Waals surface area contributed by atoms with Crippen LogP contribution in [0, 0.1) is 0 Å². The predicted molar refractivity (Wildman–Crippen MR) is 31.5 cm³/mol. The summed E-state index contributed by atoms with van der Waals surface area (Å²) in [6.07, 6.45) is 0.532. The van der Waals surface area contributed by atoms with Gasteiger partial charge in [-0.1, -0.05) is 0 Å². The highest BCUT2D eigenvalue weighted by atomic mass is 16.3. The summed E-state index contributed by atoms with van der Waals surface area (Å²) in [5.74, 6) is 0. The first kappa shape index (κ1) is 6.01. The van der Waals surface area contributed by atoms with E-state index in [2.05, 4.69) is 10.6 Å². The van der Waals surface area contributed by atoms with E-state index in [1.54, 1.807) is 0 Å². The number of rotatable bonds is 0. The van der Waals surface area contributed by atoms with Gasteiger partial charge in [0.1, 0.15) is 6.23 Å². The maximum Gasteiger partial charge on any atom is 0.106 e. The summed E-state index contributed by atoms with van der Waals surface area (Å²) in [6.45, 7) is 2.77. The fourth-order valence-corrected chi connectivity index (χ4v) is 0.793. The summed E-state index contributed by atoms with van der Waals surface area (Å²) in [7, 11) is 0. The van der Waals surface area contributed by atoms with Gasteiger partial charge < -0.3 is 10.4 Å². The van der Waals surface area contributed by atoms with E-state index in [0.29, 0.717) is 0 Å². The number of nitrogens with one attached hydrogen (secondary N) is 2. The molecule has 3 N–H and O–H groups in total. The van der Waals surface area contributed by atoms with Gasteiger partial charge in [0.25, 0.3) is 0 Å². The Hall–Kier alpha value is -0.120. The molecule has 0 spiro atoms. The molecule has 3 heteroatoms. The van der Waals surface area contributed by atoms with Crippen molar-refractivity contribution in [1.29, 1.82) is 0 Å². The molecule has 0 aromatic carbocycles. The molecule has 8 heavy (non-hydrogen) atoms. The van der Waals surface area contributed by atoms with Crippen molar-refractivity contribution in [2.24, 2.45) is 0 Å². The molecule has 0 aliphatic carbocycles. The van der Waals surface area contributed by atoms with Gasteiger partial charge in [-0.3, -0.25) is 5.32 Å². The summed E-state index contributed by atoms with van der Waals surface area (Å²) in [5.41, 5.74) is 0. The van der Waals surface area contributed by atoms with Crippen LogP contribution in [-0.4, -0.2) is 31.0 Å². The van der Waals surface area contributed by atoms with Crippen molar-refractivity contribution in [3.05, 3.63) is 0 Å². The van der Waals surface area contributed by atoms with Crippen molar-refractivity contribution < 1.29 is 5.11 Å². The third-order valence-electron chi connectivity index (χ3n) is 1.28. The zero-order chi connectivity index (χ0) is 5.82. The molecule has 1 fully saturated rings. The van der Waals surface area contributed by atoms with Gasteiger partial charge in [-0.15, -0.1) is 0 Å². The molecule has 1 unspecified atom stereocenters. The minimum atomic E-state index is -0.287. The van der Waals surface area contributed by atoms with E-state index in [1.807, 2.05) is 0 Å². The average Bonchev–Trinajstić information content (AvgIpc) is 1.94. The van der Waals surface area contributed by atoms with Crippen molar-refractivity contribution in [1.82, 2.24) is 10.6 Å². The van der Waals surface area contributed by atoms with Crippen LogP contribution in [0.25, 0.3) is 0 Å². The Morgan fingerprint density at radius 2 is 2.12 bits per heavy atom. The van der Waals surface area contributed by atoms with Crippen LogP contribution in [0.1, 0.15) is 6.42 Å². The first-order valence-electron chi connectivity index (χ1n) is 3.02. The van der Waals surface area contributed by atoms with E-state index in [1.165, 1.54) is 0 Å². The number of hydrogen-bond acceptors (Lipinski definition) is 3. The number of hydrogen-bond donors (Lipinski definition) is 3. The van der Waals surface area contributed by atoms with Gasteiger partial charge in [-0.05, 0) is 13.0 Å². The Balaban J connectivity index is 2.17. The highest BCUT2D eigenvalue weighted by Crippen LogP contribution is 1.86. The summed E-state index contributed by atoms with van der Waals surface area (Å²) in [6, 6.07) is 0. The van der Waals surface area contributed by atoms with Crippen molar-refractivity contribution in [2.75, 3.05) is 19.6 Å². The Morgan fingerprint density at radius 1 is 1.25 bits per heavy atom. The number of aliphatic hydroxyl groups excluding tert-OH is 1. The largest absolute Gasteiger partial charge is 0.379 e. The van der Waals surface area contributed by atoms with Crippen molar-refractivity contribution in [2.45, 2.75) is 12.6 Å². The smallest absolute Gasteiger partial charge is 0.106 e. The van der Waals surface area contributed by atoms with E-state index in [4.69, 9.17) is 5.11 Å². The Labute approximate surface area is 49.1 Å². The molecule has 0 amide bonds. The maximum absolute atomic E-state index is 8.94. The molecule has 0 aromatic heterocycles. The molecular formula is C5H12N2O. The lowest BCUT2D eigenvalue weighted by Crippen LogP contribution is -2.29. The average molecular weight is 116 g/mol. The van der Waals surface area contributed by atoms with Crippen LogP contribution < -0.4 is 10.6 Å². The van der Waals surface area contributed by atoms with Crippen LogP contribution in [0.15, 0.2) is 0 Å². The fourth-order valence-electron chi connectivity index (χ4n) is 0.793. The van der Waals surface area contributed by atoms with Crippen molar-refractivity contribution in [3.8, 4) is 0 Å². The van der Waals surface area contributed by atoms with Gasteiger partial charge in [-0.25, -0.2) is 0 Å². The molecule has 0 bridgehead atoms. The van der Waals surface area contributed by atoms with Crippen LogP contribution in [0.2, 0.25) is 0 Å². The lowest BCUT2D eigenvalue weighted by molar-refractivity contribution is 0.137. The third kappa shape index (κ3) is 1.78. The molecule has 1 aliphatic heterocycles. The molecule has 0 radical (unpaired) electrons. The maximum atomic E-state index is 8.94. The fraction of sp³-hybridized carbons (Fsp3) is 1.00. The van der Waals surface area contributed by atoms with Crippen LogP contribution >= 0.6 is 0 Å². The molecule has 1 aliphatic rings. The van der Waals surface area contributed by atoms with Gasteiger partial charge in [-0.2, -0.15) is 0 Å². The van der Waals surface area contributed by atoms with E-state index in [0.717, 1.165) is 26.1 Å². The van der Waals surface area contributed by atoms with Crippen LogP contribution in [0.4, 0.5) is 0 Å². The second kappa shape index (κ2) is 3.02. The van der Waals surface area contributed by atoms with Crippen LogP contribution in [0.5, 0.6) is 0 Å². The Kier molecular flexibility index (Phi) is 2.27. The van der Waals surface area contributed by atoms with Crippen LogP contribution in [-0.2, 0) is 0 Å². The first-order chi connectivity index (χ1) is 3.89. The van der Waals surface area contributed by atoms with Gasteiger partial charge in [0.2, 0.25) is 0 Å². The van der Waals surface area contributed by atoms with E-state index in [-0.39, 0.29) is 6.23 Å². The normalized spacial score (nSPS) is 31.9. The first-order valence-corrected chi connectivity index (χ1v) is 3.02. The van der Waals surface area contributed by atoms with E-state index in [9.17, 15) is 0 Å². The number of aliphatic hydroxyl groups is 1. The van der Waals surface area contributed by atoms with Gasteiger partial charge in [0.05, 0.1) is 0 Å². The molecule has 1 rings (SSSR count). The zero-order valence-electron chi connectivity index (χ0n) is 4.85. The standard InChI is InChI=1S/C5H12N2O/c8-5-1-2-6-3-4-7-5/h5-8H,1-4H2. The highest BCUT2D eigenvalue weighted by Gasteiger charge is 2.04. The predicted octanol–water partition coefficient (Wildman–Crippen LogP) is -1.11. The SMILES string of the molecule is OC1CCNCCN1. The Morgan fingerprint density at radius 3 is 3.00 bits per heavy atom. The monoisotopic (exact) mass is 116 g/mol. The zero-order valence-corrected chi connectivity index (χ0v) is 4.85. The molecule has 0 aromatic rings. The third-order valence-corrected chi connectivity index (χ3v) is 1.28. The van der Waals surface area contributed by atoms with Crippen LogP contribution in [0.3, 0.4) is 0 Å². The summed E-state index contributed by atoms with van der Waals surface area (Å²) in [5, 5.41) is 15.0. The molecule has 1 heterocycles. The summed E-state index contributed by atoms with van der Waals surface area (Å²) in [4.78, 5) is 0. The Bertz CT molecular complexity index is 59.4. The minimum absolute atomic E-state index is 0.287. The lowest BCUT2D eigenvalue weighted by Gasteiger charge is -2.04. The molecule has 48 valence electrons. The molecule has 1 atom stereocenters. The van der Waals surface area contributed by atoms with Crippen molar-refractivity contribution >= 4 is 0 Å². The molecular weight excluding hydrogens is 104 g/mol. The summed E-state index contributed by atoms with van der Waals surface area (Å²) >= 11 is 0. The topological polar surface area (TPSA) is 44.3 Å². The van der Waals surface area contributed by atoms with E-state index >= 15 is 0 Å². The minimum Gasteiger partial charge on any atom is -0.379 e. The quantitative estimate of drug-likeness (QED) is 0.376.